The second-order valence-corrected chi connectivity index (χ2v) is 5.68. The quantitative estimate of drug-likeness (QED) is 0.570. The maximum absolute atomic E-state index is 12.4. The molecule has 0 atom stereocenters. The van der Waals surface area contributed by atoms with E-state index in [4.69, 9.17) is 12.2 Å². The number of nitrogen functional groups attached to an aromatic ring is 1. The monoisotopic (exact) mass is 303 g/mol. The largest absolute Gasteiger partial charge is 0.392 e. The molecule has 0 bridgehead atoms. The van der Waals surface area contributed by atoms with Gasteiger partial charge in [-0.1, -0.05) is 0 Å². The van der Waals surface area contributed by atoms with Gasteiger partial charge in [0.05, 0.1) is 18.5 Å². The van der Waals surface area contributed by atoms with Gasteiger partial charge in [-0.3, -0.25) is 14.4 Å². The van der Waals surface area contributed by atoms with Crippen LogP contribution in [-0.4, -0.2) is 58.1 Å². The Morgan fingerprint density at radius 3 is 2.77 bits per heavy atom. The van der Waals surface area contributed by atoms with E-state index in [-0.39, 0.29) is 23.6 Å². The number of aliphatic imine (C=N–C) groups is 1. The first-order valence-electron chi connectivity index (χ1n) is 7.10. The molecule has 1 fully saturated rings. The predicted octanol–water partition coefficient (Wildman–Crippen LogP) is -0.666. The number of likely N-dealkylation sites (tertiary alicyclic amines) is 1. The SMILES string of the molecule is C#CC(=NC)c1ncn(CC2(O)CCN(C)CC2)c(=O)c1N. The Hall–Kier alpha value is -2.17. The Balaban J connectivity index is 2.29. The molecule has 1 aliphatic heterocycles. The van der Waals surface area contributed by atoms with Crippen molar-refractivity contribution < 1.29 is 5.11 Å². The van der Waals surface area contributed by atoms with Gasteiger partial charge >= 0.3 is 0 Å². The standard InChI is InChI=1S/C15H21N5O2/c1-4-11(17-2)13-12(16)14(21)20(10-18-13)9-15(22)5-7-19(3)8-6-15/h1,10,22H,5-9,16H2,2-3H3. The van der Waals surface area contributed by atoms with Gasteiger partial charge < -0.3 is 15.7 Å². The fourth-order valence-corrected chi connectivity index (χ4v) is 2.56. The molecule has 0 spiro atoms. The summed E-state index contributed by atoms with van der Waals surface area (Å²) >= 11 is 0. The van der Waals surface area contributed by atoms with Crippen molar-refractivity contribution in [2.45, 2.75) is 25.0 Å². The van der Waals surface area contributed by atoms with Crippen molar-refractivity contribution in [2.24, 2.45) is 4.99 Å². The minimum atomic E-state index is -0.917. The molecule has 0 unspecified atom stereocenters. The fraction of sp³-hybridized carbons (Fsp3) is 0.533. The van der Waals surface area contributed by atoms with Crippen molar-refractivity contribution in [2.75, 3.05) is 32.9 Å². The zero-order chi connectivity index (χ0) is 16.3. The molecule has 2 heterocycles. The number of piperidine rings is 1. The molecule has 1 aromatic rings. The molecule has 118 valence electrons. The summed E-state index contributed by atoms with van der Waals surface area (Å²) in [6.45, 7) is 1.75. The number of hydrogen-bond donors (Lipinski definition) is 2. The lowest BCUT2D eigenvalue weighted by Gasteiger charge is -2.36. The number of hydrogen-bond acceptors (Lipinski definition) is 6. The van der Waals surface area contributed by atoms with Gasteiger partial charge in [0.25, 0.3) is 5.56 Å². The lowest BCUT2D eigenvalue weighted by atomic mass is 9.91. The second kappa shape index (κ2) is 6.30. The molecular formula is C15H21N5O2. The summed E-state index contributed by atoms with van der Waals surface area (Å²) < 4.78 is 1.34. The average Bonchev–Trinajstić information content (AvgIpc) is 2.51. The van der Waals surface area contributed by atoms with Crippen LogP contribution < -0.4 is 11.3 Å². The zero-order valence-corrected chi connectivity index (χ0v) is 12.9. The lowest BCUT2D eigenvalue weighted by molar-refractivity contribution is -0.0299. The number of aliphatic hydroxyl groups is 1. The smallest absolute Gasteiger partial charge is 0.277 e. The van der Waals surface area contributed by atoms with Crippen LogP contribution in [0.2, 0.25) is 0 Å². The molecule has 2 rings (SSSR count). The van der Waals surface area contributed by atoms with E-state index in [1.165, 1.54) is 17.9 Å². The molecule has 1 saturated heterocycles. The molecule has 0 aromatic carbocycles. The van der Waals surface area contributed by atoms with Crippen molar-refractivity contribution in [3.8, 4) is 12.3 Å². The second-order valence-electron chi connectivity index (χ2n) is 5.68. The molecule has 1 aromatic heterocycles. The molecule has 0 radical (unpaired) electrons. The van der Waals surface area contributed by atoms with E-state index in [1.54, 1.807) is 0 Å². The molecule has 22 heavy (non-hydrogen) atoms. The number of aromatic nitrogens is 2. The van der Waals surface area contributed by atoms with Crippen LogP contribution in [-0.2, 0) is 6.54 Å². The normalized spacial score (nSPS) is 18.9. The van der Waals surface area contributed by atoms with E-state index < -0.39 is 11.2 Å². The van der Waals surface area contributed by atoms with Crippen LogP contribution in [0.15, 0.2) is 16.1 Å². The van der Waals surface area contributed by atoms with Gasteiger partial charge in [0.1, 0.15) is 17.1 Å². The van der Waals surface area contributed by atoms with Crippen LogP contribution in [0.25, 0.3) is 0 Å². The topological polar surface area (TPSA) is 96.7 Å². The number of nitrogens with two attached hydrogens (primary N) is 1. The van der Waals surface area contributed by atoms with Crippen LogP contribution in [0.1, 0.15) is 18.5 Å². The van der Waals surface area contributed by atoms with E-state index in [1.807, 2.05) is 7.05 Å². The molecule has 3 N–H and O–H groups in total. The number of nitrogens with zero attached hydrogens (tertiary/aromatic N) is 4. The minimum Gasteiger partial charge on any atom is -0.392 e. The van der Waals surface area contributed by atoms with Crippen molar-refractivity contribution in [1.29, 1.82) is 0 Å². The van der Waals surface area contributed by atoms with Gasteiger partial charge in [-0.15, -0.1) is 6.42 Å². The summed E-state index contributed by atoms with van der Waals surface area (Å²) in [5.41, 5.74) is 4.92. The Morgan fingerprint density at radius 1 is 1.59 bits per heavy atom. The van der Waals surface area contributed by atoms with Crippen molar-refractivity contribution in [3.05, 3.63) is 22.4 Å². The summed E-state index contributed by atoms with van der Waals surface area (Å²) in [6.07, 6.45) is 7.90. The van der Waals surface area contributed by atoms with Crippen molar-refractivity contribution in [3.63, 3.8) is 0 Å². The van der Waals surface area contributed by atoms with Gasteiger partial charge in [-0.25, -0.2) is 4.98 Å². The van der Waals surface area contributed by atoms with E-state index in [0.29, 0.717) is 12.8 Å². The van der Waals surface area contributed by atoms with Gasteiger partial charge in [-0.05, 0) is 25.8 Å². The van der Waals surface area contributed by atoms with E-state index in [9.17, 15) is 9.90 Å². The van der Waals surface area contributed by atoms with E-state index in [2.05, 4.69) is 20.8 Å². The van der Waals surface area contributed by atoms with Crippen LogP contribution in [0, 0.1) is 12.3 Å². The van der Waals surface area contributed by atoms with Crippen molar-refractivity contribution >= 4 is 11.4 Å². The Labute approximate surface area is 129 Å². The highest BCUT2D eigenvalue weighted by Gasteiger charge is 2.32. The number of anilines is 1. The average molecular weight is 303 g/mol. The third-order valence-corrected chi connectivity index (χ3v) is 4.04. The first kappa shape index (κ1) is 16.2. The Kier molecular flexibility index (Phi) is 4.64. The number of rotatable bonds is 3. The first-order chi connectivity index (χ1) is 10.4. The highest BCUT2D eigenvalue weighted by Crippen LogP contribution is 2.22. The molecule has 0 saturated carbocycles. The Bertz CT molecular complexity index is 678. The fourth-order valence-electron chi connectivity index (χ4n) is 2.56. The molecule has 0 aliphatic carbocycles. The first-order valence-corrected chi connectivity index (χ1v) is 7.10. The summed E-state index contributed by atoms with van der Waals surface area (Å²) in [5.74, 6) is 2.35. The minimum absolute atomic E-state index is 0.0439. The summed E-state index contributed by atoms with van der Waals surface area (Å²) in [7, 11) is 3.52. The van der Waals surface area contributed by atoms with E-state index in [0.717, 1.165) is 13.1 Å². The third kappa shape index (κ3) is 3.18. The maximum atomic E-state index is 12.4. The Morgan fingerprint density at radius 2 is 2.23 bits per heavy atom. The lowest BCUT2D eigenvalue weighted by Crippen LogP contribution is -2.47. The molecule has 0 amide bonds. The number of terminal acetylenes is 1. The van der Waals surface area contributed by atoms with Gasteiger partial charge in [0.15, 0.2) is 0 Å². The van der Waals surface area contributed by atoms with Gasteiger partial charge in [0, 0.05) is 20.1 Å². The van der Waals surface area contributed by atoms with Crippen molar-refractivity contribution in [1.82, 2.24) is 14.5 Å². The van der Waals surface area contributed by atoms with Crippen LogP contribution in [0.3, 0.4) is 0 Å². The predicted molar refractivity (Wildman–Crippen MR) is 85.9 cm³/mol. The molecule has 1 aliphatic rings. The highest BCUT2D eigenvalue weighted by atomic mass is 16.3. The van der Waals surface area contributed by atoms with Crippen LogP contribution in [0.4, 0.5) is 5.69 Å². The molecule has 7 nitrogen and oxygen atoms in total. The highest BCUT2D eigenvalue weighted by molar-refractivity contribution is 6.13. The maximum Gasteiger partial charge on any atom is 0.277 e. The summed E-state index contributed by atoms with van der Waals surface area (Å²) in [6, 6.07) is 0. The zero-order valence-electron chi connectivity index (χ0n) is 12.9. The van der Waals surface area contributed by atoms with Crippen LogP contribution >= 0.6 is 0 Å². The summed E-state index contributed by atoms with van der Waals surface area (Å²) in [5, 5.41) is 10.6. The van der Waals surface area contributed by atoms with E-state index >= 15 is 0 Å². The van der Waals surface area contributed by atoms with Gasteiger partial charge in [0.2, 0.25) is 0 Å². The van der Waals surface area contributed by atoms with Gasteiger partial charge in [-0.2, -0.15) is 0 Å². The molecular weight excluding hydrogens is 282 g/mol. The van der Waals surface area contributed by atoms with Crippen LogP contribution in [0.5, 0.6) is 0 Å². The summed E-state index contributed by atoms with van der Waals surface area (Å²) in [4.78, 5) is 22.5. The molecule has 7 heteroatoms. The third-order valence-electron chi connectivity index (χ3n) is 4.04.